The standard InChI is InChI=1S/C19H20ClF3N2.C4H6O6/c20-17-5-4-14-6-8-24-9-7-16(14)18(17)15-3-1-2-13(10-15)11-25-12-19(21,22)23;5-1(3(7)8)2(6)4(9)10/h1-5,10,24-25H,6-9,11-12H2;1-2,5-6H,(H,7,8)(H,9,10)/t;1-,2-/m.1/s1. The van der Waals surface area contributed by atoms with Gasteiger partial charge in [-0.25, -0.2) is 9.59 Å². The third-order valence-corrected chi connectivity index (χ3v) is 5.47. The third-order valence-electron chi connectivity index (χ3n) is 5.16. The molecule has 3 rings (SSSR count). The van der Waals surface area contributed by atoms with Crippen LogP contribution in [-0.2, 0) is 29.0 Å². The number of rotatable bonds is 7. The van der Waals surface area contributed by atoms with Crippen molar-refractivity contribution in [1.82, 2.24) is 10.6 Å². The fourth-order valence-corrected chi connectivity index (χ4v) is 3.80. The van der Waals surface area contributed by atoms with Gasteiger partial charge in [-0.3, -0.25) is 0 Å². The van der Waals surface area contributed by atoms with E-state index in [1.54, 1.807) is 0 Å². The Labute approximate surface area is 204 Å². The summed E-state index contributed by atoms with van der Waals surface area (Å²) in [7, 11) is 0. The van der Waals surface area contributed by atoms with Crippen LogP contribution in [0, 0.1) is 0 Å². The zero-order chi connectivity index (χ0) is 26.2. The lowest BCUT2D eigenvalue weighted by Crippen LogP contribution is -2.39. The van der Waals surface area contributed by atoms with Gasteiger partial charge in [0, 0.05) is 17.1 Å². The maximum absolute atomic E-state index is 12.3. The van der Waals surface area contributed by atoms with E-state index in [0.717, 1.165) is 42.6 Å². The summed E-state index contributed by atoms with van der Waals surface area (Å²) in [6, 6.07) is 11.6. The average Bonchev–Trinajstić information content (AvgIpc) is 3.03. The highest BCUT2D eigenvalue weighted by molar-refractivity contribution is 6.33. The van der Waals surface area contributed by atoms with Gasteiger partial charge < -0.3 is 31.1 Å². The first-order valence-corrected chi connectivity index (χ1v) is 11.0. The molecule has 8 nitrogen and oxygen atoms in total. The van der Waals surface area contributed by atoms with Crippen LogP contribution in [0.25, 0.3) is 11.1 Å². The predicted octanol–water partition coefficient (Wildman–Crippen LogP) is 2.22. The second-order valence-electron chi connectivity index (χ2n) is 7.80. The van der Waals surface area contributed by atoms with E-state index >= 15 is 0 Å². The van der Waals surface area contributed by atoms with Crippen LogP contribution in [0.2, 0.25) is 5.02 Å². The predicted molar refractivity (Wildman–Crippen MR) is 122 cm³/mol. The van der Waals surface area contributed by atoms with Gasteiger partial charge in [0.2, 0.25) is 0 Å². The van der Waals surface area contributed by atoms with Gasteiger partial charge in [0.05, 0.1) is 6.54 Å². The van der Waals surface area contributed by atoms with Crippen molar-refractivity contribution in [2.24, 2.45) is 0 Å². The summed E-state index contributed by atoms with van der Waals surface area (Å²) in [5.74, 6) is -3.54. The molecule has 1 aliphatic rings. The lowest BCUT2D eigenvalue weighted by Gasteiger charge is -2.16. The van der Waals surface area contributed by atoms with Gasteiger partial charge in [0.1, 0.15) is 0 Å². The van der Waals surface area contributed by atoms with Crippen molar-refractivity contribution in [2.75, 3.05) is 19.6 Å². The van der Waals surface area contributed by atoms with Gasteiger partial charge in [-0.1, -0.05) is 35.9 Å². The van der Waals surface area contributed by atoms with Crippen LogP contribution in [0.5, 0.6) is 0 Å². The molecule has 1 heterocycles. The number of hydrogen-bond donors (Lipinski definition) is 6. The molecule has 0 saturated heterocycles. The van der Waals surface area contributed by atoms with E-state index in [0.29, 0.717) is 5.02 Å². The first-order chi connectivity index (χ1) is 16.4. The fraction of sp³-hybridized carbons (Fsp3) is 0.391. The molecule has 35 heavy (non-hydrogen) atoms. The quantitative estimate of drug-likeness (QED) is 0.328. The van der Waals surface area contributed by atoms with Crippen molar-refractivity contribution in [1.29, 1.82) is 0 Å². The van der Waals surface area contributed by atoms with E-state index in [4.69, 9.17) is 32.0 Å². The van der Waals surface area contributed by atoms with Gasteiger partial charge in [0.15, 0.2) is 12.2 Å². The lowest BCUT2D eigenvalue weighted by atomic mass is 9.92. The number of benzene rings is 2. The molecule has 0 unspecified atom stereocenters. The average molecular weight is 519 g/mol. The molecule has 0 saturated carbocycles. The topological polar surface area (TPSA) is 139 Å². The summed E-state index contributed by atoms with van der Waals surface area (Å²) in [6.45, 7) is 1.01. The largest absolute Gasteiger partial charge is 0.479 e. The van der Waals surface area contributed by atoms with Crippen LogP contribution in [0.3, 0.4) is 0 Å². The Morgan fingerprint density at radius 1 is 1.03 bits per heavy atom. The number of carboxylic acids is 2. The monoisotopic (exact) mass is 518 g/mol. The molecule has 12 heteroatoms. The second-order valence-corrected chi connectivity index (χ2v) is 8.20. The summed E-state index contributed by atoms with van der Waals surface area (Å²) in [6.07, 6.45) is -6.89. The van der Waals surface area contributed by atoms with Crippen molar-refractivity contribution in [2.45, 2.75) is 37.8 Å². The molecule has 0 bridgehead atoms. The van der Waals surface area contributed by atoms with Crippen molar-refractivity contribution >= 4 is 23.5 Å². The molecule has 2 aromatic carbocycles. The summed E-state index contributed by atoms with van der Waals surface area (Å²) in [5, 5.41) is 39.0. The molecule has 6 N–H and O–H groups in total. The van der Waals surface area contributed by atoms with Gasteiger partial charge in [-0.05, 0) is 60.3 Å². The molecule has 1 aliphatic heterocycles. The Balaban J connectivity index is 0.000000367. The van der Waals surface area contributed by atoms with Gasteiger partial charge in [0.25, 0.3) is 0 Å². The van der Waals surface area contributed by atoms with Crippen LogP contribution in [0.1, 0.15) is 16.7 Å². The number of alkyl halides is 3. The highest BCUT2D eigenvalue weighted by Crippen LogP contribution is 2.35. The van der Waals surface area contributed by atoms with E-state index in [1.807, 2.05) is 30.3 Å². The van der Waals surface area contributed by atoms with Gasteiger partial charge in [-0.15, -0.1) is 0 Å². The maximum Gasteiger partial charge on any atom is 0.401 e. The first kappa shape index (κ1) is 28.5. The summed E-state index contributed by atoms with van der Waals surface area (Å²) in [4.78, 5) is 19.5. The molecular weight excluding hydrogens is 493 g/mol. The number of carbonyl (C=O) groups is 2. The molecule has 2 aromatic rings. The lowest BCUT2D eigenvalue weighted by molar-refractivity contribution is -0.165. The summed E-state index contributed by atoms with van der Waals surface area (Å²) >= 11 is 6.48. The zero-order valence-corrected chi connectivity index (χ0v) is 19.2. The number of fused-ring (bicyclic) bond motifs is 1. The highest BCUT2D eigenvalue weighted by Gasteiger charge is 2.29. The zero-order valence-electron chi connectivity index (χ0n) is 18.5. The Morgan fingerprint density at radius 3 is 2.26 bits per heavy atom. The van der Waals surface area contributed by atoms with Gasteiger partial charge >= 0.3 is 18.1 Å². The molecule has 0 fully saturated rings. The Kier molecular flexibility index (Phi) is 10.5. The molecule has 192 valence electrons. The normalized spacial score (nSPS) is 15.1. The minimum atomic E-state index is -4.20. The SMILES string of the molecule is FC(F)(F)CNCc1cccc(-c2c(Cl)ccc3c2CCNCC3)c1.O=C(O)[C@H](O)[C@@H](O)C(=O)O. The van der Waals surface area contributed by atoms with E-state index in [1.165, 1.54) is 11.1 Å². The van der Waals surface area contributed by atoms with Crippen LogP contribution < -0.4 is 10.6 Å². The van der Waals surface area contributed by atoms with E-state index < -0.39 is 36.9 Å². The molecule has 0 aliphatic carbocycles. The van der Waals surface area contributed by atoms with Crippen molar-refractivity contribution < 1.29 is 43.2 Å². The number of halogens is 4. The second kappa shape index (κ2) is 12.8. The van der Waals surface area contributed by atoms with E-state index in [-0.39, 0.29) is 6.54 Å². The molecule has 0 radical (unpaired) electrons. The minimum Gasteiger partial charge on any atom is -0.479 e. The van der Waals surface area contributed by atoms with Gasteiger partial charge in [-0.2, -0.15) is 13.2 Å². The summed E-state index contributed by atoms with van der Waals surface area (Å²) in [5.41, 5.74) is 5.28. The van der Waals surface area contributed by atoms with Crippen LogP contribution in [-0.4, -0.2) is 70.4 Å². The molecule has 0 aromatic heterocycles. The highest BCUT2D eigenvalue weighted by atomic mass is 35.5. The number of carboxylic acid groups (broad SMARTS) is 2. The Hall–Kier alpha value is -2.70. The van der Waals surface area contributed by atoms with E-state index in [9.17, 15) is 22.8 Å². The molecular formula is C23H26ClF3N2O6. The van der Waals surface area contributed by atoms with E-state index in [2.05, 4.69) is 16.7 Å². The molecule has 2 atom stereocenters. The van der Waals surface area contributed by atoms with Crippen molar-refractivity contribution in [3.05, 3.63) is 58.1 Å². The number of hydrogen-bond acceptors (Lipinski definition) is 6. The Morgan fingerprint density at radius 2 is 1.66 bits per heavy atom. The fourth-order valence-electron chi connectivity index (χ4n) is 3.51. The van der Waals surface area contributed by atoms with Crippen LogP contribution in [0.15, 0.2) is 36.4 Å². The Bertz CT molecular complexity index is 1020. The third kappa shape index (κ3) is 8.79. The minimum absolute atomic E-state index is 0.168. The molecule has 0 amide bonds. The van der Waals surface area contributed by atoms with Crippen molar-refractivity contribution in [3.63, 3.8) is 0 Å². The smallest absolute Gasteiger partial charge is 0.401 e. The molecule has 0 spiro atoms. The summed E-state index contributed by atoms with van der Waals surface area (Å²) < 4.78 is 36.9. The van der Waals surface area contributed by atoms with Crippen LogP contribution in [0.4, 0.5) is 13.2 Å². The number of nitrogens with one attached hydrogen (secondary N) is 2. The number of aliphatic hydroxyl groups is 2. The van der Waals surface area contributed by atoms with Crippen LogP contribution >= 0.6 is 11.6 Å². The van der Waals surface area contributed by atoms with Crippen molar-refractivity contribution in [3.8, 4) is 11.1 Å². The number of aliphatic carboxylic acids is 2. The number of aliphatic hydroxyl groups excluding tert-OH is 2. The maximum atomic E-state index is 12.3. The first-order valence-electron chi connectivity index (χ1n) is 10.6.